The fourth-order valence-electron chi connectivity index (χ4n) is 3.18. The summed E-state index contributed by atoms with van der Waals surface area (Å²) in [6.07, 6.45) is -1.99. The number of benzene rings is 2. The van der Waals surface area contributed by atoms with Crippen molar-refractivity contribution in [1.82, 2.24) is 14.5 Å². The summed E-state index contributed by atoms with van der Waals surface area (Å²) in [6.45, 7) is 0. The molecule has 0 radical (unpaired) electrons. The van der Waals surface area contributed by atoms with Gasteiger partial charge in [-0.2, -0.15) is 13.2 Å². The molecule has 0 aliphatic heterocycles. The lowest BCUT2D eigenvalue weighted by Crippen LogP contribution is -2.21. The SMILES string of the molecule is Cn1c(-c2cccc(C(F)(F)F)c2)nc2c(NS(=O)(=O)c3cccnc3)cccc2c1=O. The normalized spacial score (nSPS) is 12.1. The highest BCUT2D eigenvalue weighted by molar-refractivity contribution is 7.92. The van der Waals surface area contributed by atoms with Crippen LogP contribution >= 0.6 is 0 Å². The van der Waals surface area contributed by atoms with E-state index in [0.29, 0.717) is 0 Å². The Labute approximate surface area is 180 Å². The predicted molar refractivity (Wildman–Crippen MR) is 112 cm³/mol. The molecule has 7 nitrogen and oxygen atoms in total. The van der Waals surface area contributed by atoms with Crippen molar-refractivity contribution in [3.05, 3.63) is 82.9 Å². The molecule has 0 aliphatic rings. The molecule has 0 saturated carbocycles. The molecule has 32 heavy (non-hydrogen) atoms. The number of halogens is 3. The standard InChI is InChI=1S/C21H15F3N4O3S/c1-28-19(13-5-2-6-14(11-13)21(22,23)24)26-18-16(20(28)29)8-3-9-17(18)27-32(30,31)15-7-4-10-25-12-15/h2-12,27H,1H3. The van der Waals surface area contributed by atoms with Crippen molar-refractivity contribution in [3.63, 3.8) is 0 Å². The van der Waals surface area contributed by atoms with Gasteiger partial charge in [-0.1, -0.05) is 18.2 Å². The van der Waals surface area contributed by atoms with Crippen LogP contribution in [0.4, 0.5) is 18.9 Å². The maximum Gasteiger partial charge on any atom is 0.416 e. The number of sulfonamides is 1. The highest BCUT2D eigenvalue weighted by Gasteiger charge is 2.31. The molecule has 0 amide bonds. The van der Waals surface area contributed by atoms with Crippen LogP contribution in [0.1, 0.15) is 5.56 Å². The number of hydrogen-bond acceptors (Lipinski definition) is 5. The minimum Gasteiger partial charge on any atom is -0.295 e. The van der Waals surface area contributed by atoms with Crippen molar-refractivity contribution in [3.8, 4) is 11.4 Å². The second-order valence-electron chi connectivity index (χ2n) is 6.87. The van der Waals surface area contributed by atoms with E-state index in [1.165, 1.54) is 55.7 Å². The number of pyridine rings is 1. The Kier molecular flexibility index (Phi) is 5.21. The topological polar surface area (TPSA) is 93.9 Å². The fourth-order valence-corrected chi connectivity index (χ4v) is 4.21. The van der Waals surface area contributed by atoms with E-state index in [-0.39, 0.29) is 32.9 Å². The van der Waals surface area contributed by atoms with Crippen LogP contribution < -0.4 is 10.3 Å². The zero-order valence-corrected chi connectivity index (χ0v) is 17.3. The van der Waals surface area contributed by atoms with Gasteiger partial charge in [0.25, 0.3) is 15.6 Å². The number of hydrogen-bond donors (Lipinski definition) is 1. The summed E-state index contributed by atoms with van der Waals surface area (Å²) < 4.78 is 68.4. The fraction of sp³-hybridized carbons (Fsp3) is 0.0952. The van der Waals surface area contributed by atoms with Gasteiger partial charge in [-0.05, 0) is 36.4 Å². The molecule has 164 valence electrons. The van der Waals surface area contributed by atoms with Gasteiger partial charge >= 0.3 is 6.18 Å². The molecule has 1 N–H and O–H groups in total. The molecule has 4 rings (SSSR count). The van der Waals surface area contributed by atoms with Gasteiger partial charge in [0.05, 0.1) is 16.6 Å². The van der Waals surface area contributed by atoms with Crippen LogP contribution in [0.15, 0.2) is 76.7 Å². The lowest BCUT2D eigenvalue weighted by molar-refractivity contribution is -0.137. The first-order valence-corrected chi connectivity index (χ1v) is 10.7. The molecule has 0 fully saturated rings. The average Bonchev–Trinajstić information content (AvgIpc) is 2.76. The van der Waals surface area contributed by atoms with Gasteiger partial charge in [-0.25, -0.2) is 13.4 Å². The Morgan fingerprint density at radius 2 is 1.78 bits per heavy atom. The summed E-state index contributed by atoms with van der Waals surface area (Å²) in [5.41, 5.74) is -1.35. The lowest BCUT2D eigenvalue weighted by atomic mass is 10.1. The molecular formula is C21H15F3N4O3S. The lowest BCUT2D eigenvalue weighted by Gasteiger charge is -2.14. The number of alkyl halides is 3. The van der Waals surface area contributed by atoms with E-state index in [9.17, 15) is 26.4 Å². The molecule has 0 unspecified atom stereocenters. The number of nitrogens with one attached hydrogen (secondary N) is 1. The Morgan fingerprint density at radius 3 is 2.47 bits per heavy atom. The van der Waals surface area contributed by atoms with Crippen molar-refractivity contribution in [2.75, 3.05) is 4.72 Å². The summed E-state index contributed by atoms with van der Waals surface area (Å²) in [6, 6.07) is 11.6. The Bertz CT molecular complexity index is 1480. The second kappa shape index (κ2) is 7.75. The Balaban J connectivity index is 1.90. The smallest absolute Gasteiger partial charge is 0.295 e. The van der Waals surface area contributed by atoms with Gasteiger partial charge in [0, 0.05) is 25.0 Å². The van der Waals surface area contributed by atoms with Gasteiger partial charge in [-0.3, -0.25) is 19.1 Å². The van der Waals surface area contributed by atoms with E-state index >= 15 is 0 Å². The minimum atomic E-state index is -4.57. The monoisotopic (exact) mass is 460 g/mol. The molecular weight excluding hydrogens is 445 g/mol. The number of nitrogens with zero attached hydrogens (tertiary/aromatic N) is 3. The maximum atomic E-state index is 13.2. The zero-order valence-electron chi connectivity index (χ0n) is 16.5. The summed E-state index contributed by atoms with van der Waals surface area (Å²) >= 11 is 0. The largest absolute Gasteiger partial charge is 0.416 e. The quantitative estimate of drug-likeness (QED) is 0.500. The van der Waals surface area contributed by atoms with Gasteiger partial charge in [0.2, 0.25) is 0 Å². The number of anilines is 1. The Hall–Kier alpha value is -3.73. The van der Waals surface area contributed by atoms with Gasteiger partial charge in [0.15, 0.2) is 0 Å². The Morgan fingerprint density at radius 1 is 1.03 bits per heavy atom. The number of para-hydroxylation sites is 1. The van der Waals surface area contributed by atoms with E-state index in [2.05, 4.69) is 14.7 Å². The maximum absolute atomic E-state index is 13.2. The summed E-state index contributed by atoms with van der Waals surface area (Å²) in [5, 5.41) is 0.106. The summed E-state index contributed by atoms with van der Waals surface area (Å²) in [7, 11) is -2.66. The molecule has 2 aromatic heterocycles. The zero-order chi connectivity index (χ0) is 23.1. The molecule has 0 aliphatic carbocycles. The van der Waals surface area contributed by atoms with Crippen molar-refractivity contribution >= 4 is 26.6 Å². The molecule has 0 saturated heterocycles. The van der Waals surface area contributed by atoms with E-state index in [1.807, 2.05) is 0 Å². The molecule has 0 bridgehead atoms. The molecule has 0 spiro atoms. The van der Waals surface area contributed by atoms with Crippen molar-refractivity contribution in [2.45, 2.75) is 11.1 Å². The summed E-state index contributed by atoms with van der Waals surface area (Å²) in [5.74, 6) is -0.0402. The van der Waals surface area contributed by atoms with Gasteiger partial charge in [0.1, 0.15) is 16.2 Å². The van der Waals surface area contributed by atoms with Gasteiger partial charge in [-0.15, -0.1) is 0 Å². The number of aromatic nitrogens is 3. The number of fused-ring (bicyclic) bond motifs is 1. The van der Waals surface area contributed by atoms with E-state index in [1.54, 1.807) is 0 Å². The van der Waals surface area contributed by atoms with Crippen molar-refractivity contribution in [1.29, 1.82) is 0 Å². The molecule has 0 atom stereocenters. The minimum absolute atomic E-state index is 0.00970. The van der Waals surface area contributed by atoms with Crippen LogP contribution in [0, 0.1) is 0 Å². The first-order valence-electron chi connectivity index (χ1n) is 9.18. The van der Waals surface area contributed by atoms with Crippen LogP contribution in [0.5, 0.6) is 0 Å². The predicted octanol–water partition coefficient (Wildman–Crippen LogP) is 3.82. The van der Waals surface area contributed by atoms with E-state index in [0.717, 1.165) is 22.9 Å². The molecule has 4 aromatic rings. The van der Waals surface area contributed by atoms with Crippen molar-refractivity contribution < 1.29 is 21.6 Å². The molecule has 2 heterocycles. The van der Waals surface area contributed by atoms with Crippen LogP contribution in [-0.2, 0) is 23.2 Å². The summed E-state index contributed by atoms with van der Waals surface area (Å²) in [4.78, 5) is 20.9. The third-order valence-corrected chi connectivity index (χ3v) is 6.09. The van der Waals surface area contributed by atoms with Crippen LogP contribution in [0.25, 0.3) is 22.3 Å². The highest BCUT2D eigenvalue weighted by atomic mass is 32.2. The van der Waals surface area contributed by atoms with Crippen LogP contribution in [0.2, 0.25) is 0 Å². The van der Waals surface area contributed by atoms with Gasteiger partial charge < -0.3 is 0 Å². The molecule has 11 heteroatoms. The average molecular weight is 460 g/mol. The van der Waals surface area contributed by atoms with Crippen molar-refractivity contribution in [2.24, 2.45) is 7.05 Å². The third kappa shape index (κ3) is 3.94. The first-order chi connectivity index (χ1) is 15.1. The highest BCUT2D eigenvalue weighted by Crippen LogP contribution is 2.32. The number of rotatable bonds is 4. The van der Waals surface area contributed by atoms with Crippen LogP contribution in [0.3, 0.4) is 0 Å². The van der Waals surface area contributed by atoms with E-state index < -0.39 is 27.3 Å². The van der Waals surface area contributed by atoms with E-state index in [4.69, 9.17) is 0 Å². The van der Waals surface area contributed by atoms with Crippen LogP contribution in [-0.4, -0.2) is 23.0 Å². The third-order valence-electron chi connectivity index (χ3n) is 4.74. The first kappa shape index (κ1) is 21.5. The second-order valence-corrected chi connectivity index (χ2v) is 8.56. The molecule has 2 aromatic carbocycles.